The van der Waals surface area contributed by atoms with Gasteiger partial charge in [-0.05, 0) is 32.7 Å². The number of aromatic nitrogens is 4. The van der Waals surface area contributed by atoms with Crippen molar-refractivity contribution in [1.82, 2.24) is 24.0 Å². The van der Waals surface area contributed by atoms with Gasteiger partial charge in [0.05, 0.1) is 6.33 Å². The molecule has 1 aliphatic rings. The summed E-state index contributed by atoms with van der Waals surface area (Å²) in [5.74, 6) is 0. The third kappa shape index (κ3) is 2.39. The fraction of sp³-hybridized carbons (Fsp3) is 0.667. The first-order valence-corrected chi connectivity index (χ1v) is 8.09. The second-order valence-electron chi connectivity index (χ2n) is 5.85. The second kappa shape index (κ2) is 6.08. The number of nitrogens with one attached hydrogen (secondary N) is 1. The van der Waals surface area contributed by atoms with Crippen molar-refractivity contribution in [2.24, 2.45) is 0 Å². The largest absolute Gasteiger partial charge is 0.332 e. The van der Waals surface area contributed by atoms with E-state index in [1.54, 1.807) is 10.9 Å². The minimum atomic E-state index is -0.258. The molecule has 0 aromatic carbocycles. The quantitative estimate of drug-likeness (QED) is 0.875. The van der Waals surface area contributed by atoms with Crippen molar-refractivity contribution >= 4 is 11.2 Å². The van der Waals surface area contributed by atoms with Crippen LogP contribution in [-0.4, -0.2) is 31.3 Å². The van der Waals surface area contributed by atoms with Gasteiger partial charge in [-0.15, -0.1) is 0 Å². The molecule has 0 amide bonds. The molecule has 2 aromatic rings. The predicted molar refractivity (Wildman–Crippen MR) is 85.2 cm³/mol. The average molecular weight is 305 g/mol. The van der Waals surface area contributed by atoms with Crippen LogP contribution in [0.3, 0.4) is 0 Å². The fourth-order valence-electron chi connectivity index (χ4n) is 3.23. The van der Waals surface area contributed by atoms with Crippen molar-refractivity contribution in [3.05, 3.63) is 27.2 Å². The third-order valence-electron chi connectivity index (χ3n) is 4.33. The molecule has 0 spiro atoms. The van der Waals surface area contributed by atoms with Crippen LogP contribution < -0.4 is 16.6 Å². The monoisotopic (exact) mass is 305 g/mol. The molecule has 1 N–H and O–H groups in total. The van der Waals surface area contributed by atoms with Gasteiger partial charge in [-0.1, -0.05) is 6.92 Å². The van der Waals surface area contributed by atoms with Gasteiger partial charge in [0, 0.05) is 25.7 Å². The summed E-state index contributed by atoms with van der Waals surface area (Å²) in [6, 6.07) is 0.374. The van der Waals surface area contributed by atoms with Gasteiger partial charge in [0.15, 0.2) is 11.2 Å². The summed E-state index contributed by atoms with van der Waals surface area (Å²) in [6.45, 7) is 6.54. The number of imidazole rings is 1. The minimum absolute atomic E-state index is 0.231. The molecule has 1 unspecified atom stereocenters. The zero-order valence-corrected chi connectivity index (χ0v) is 13.2. The first kappa shape index (κ1) is 15.0. The highest BCUT2D eigenvalue weighted by Gasteiger charge is 2.20. The zero-order valence-electron chi connectivity index (χ0n) is 13.2. The van der Waals surface area contributed by atoms with E-state index < -0.39 is 0 Å². The zero-order chi connectivity index (χ0) is 15.7. The fourth-order valence-corrected chi connectivity index (χ4v) is 3.23. The highest BCUT2D eigenvalue weighted by atomic mass is 16.2. The van der Waals surface area contributed by atoms with E-state index in [0.29, 0.717) is 30.3 Å². The summed E-state index contributed by atoms with van der Waals surface area (Å²) in [6.07, 6.45) is 4.79. The Bertz CT molecular complexity index is 780. The molecule has 1 atom stereocenters. The lowest BCUT2D eigenvalue weighted by Gasteiger charge is -2.13. The second-order valence-corrected chi connectivity index (χ2v) is 5.85. The Morgan fingerprint density at radius 2 is 2.14 bits per heavy atom. The van der Waals surface area contributed by atoms with Crippen LogP contribution in [0.15, 0.2) is 15.9 Å². The number of hydrogen-bond acceptors (Lipinski definition) is 4. The summed E-state index contributed by atoms with van der Waals surface area (Å²) in [5.41, 5.74) is 0.569. The molecule has 7 nitrogen and oxygen atoms in total. The Labute approximate surface area is 128 Å². The van der Waals surface area contributed by atoms with Crippen molar-refractivity contribution in [2.75, 3.05) is 6.54 Å². The first-order valence-electron chi connectivity index (χ1n) is 8.09. The molecule has 2 aromatic heterocycles. The van der Waals surface area contributed by atoms with Gasteiger partial charge in [-0.25, -0.2) is 9.78 Å². The van der Waals surface area contributed by atoms with Crippen molar-refractivity contribution < 1.29 is 0 Å². The van der Waals surface area contributed by atoms with Crippen molar-refractivity contribution in [2.45, 2.75) is 58.8 Å². The Hall–Kier alpha value is -1.89. The van der Waals surface area contributed by atoms with Gasteiger partial charge in [-0.2, -0.15) is 0 Å². The van der Waals surface area contributed by atoms with Crippen molar-refractivity contribution in [3.8, 4) is 0 Å². The van der Waals surface area contributed by atoms with Crippen LogP contribution >= 0.6 is 0 Å². The maximum absolute atomic E-state index is 12.7. The van der Waals surface area contributed by atoms with Crippen LogP contribution in [-0.2, 0) is 19.6 Å². The standard InChI is InChI=1S/C15H23N5O2/c1-3-8-20-13-12(14(21)19(4-2)15(20)22)18(10-17-13)9-11-6-5-7-16-11/h10-11,16H,3-9H2,1-2H3. The number of nitrogens with zero attached hydrogens (tertiary/aromatic N) is 4. The molecule has 3 rings (SSSR count). The van der Waals surface area contributed by atoms with E-state index in [0.717, 1.165) is 32.4 Å². The summed E-state index contributed by atoms with van der Waals surface area (Å²) >= 11 is 0. The third-order valence-corrected chi connectivity index (χ3v) is 4.33. The van der Waals surface area contributed by atoms with Crippen LogP contribution in [0.2, 0.25) is 0 Å². The molecule has 1 fully saturated rings. The predicted octanol–water partition coefficient (Wildman–Crippen LogP) is 0.542. The van der Waals surface area contributed by atoms with Crippen LogP contribution in [0.25, 0.3) is 11.2 Å². The molecule has 22 heavy (non-hydrogen) atoms. The van der Waals surface area contributed by atoms with E-state index in [9.17, 15) is 9.59 Å². The van der Waals surface area contributed by atoms with E-state index >= 15 is 0 Å². The number of hydrogen-bond donors (Lipinski definition) is 1. The Balaban J connectivity index is 2.18. The molecule has 3 heterocycles. The van der Waals surface area contributed by atoms with E-state index in [1.165, 1.54) is 4.57 Å². The molecule has 0 aliphatic carbocycles. The first-order chi connectivity index (χ1) is 10.7. The van der Waals surface area contributed by atoms with Crippen LogP contribution in [0.1, 0.15) is 33.1 Å². The van der Waals surface area contributed by atoms with Crippen LogP contribution in [0.5, 0.6) is 0 Å². The summed E-state index contributed by atoms with van der Waals surface area (Å²) < 4.78 is 4.83. The maximum Gasteiger partial charge on any atom is 0.332 e. The maximum atomic E-state index is 12.7. The number of fused-ring (bicyclic) bond motifs is 1. The van der Waals surface area contributed by atoms with Crippen molar-refractivity contribution in [1.29, 1.82) is 0 Å². The number of aryl methyl sites for hydroxylation is 1. The average Bonchev–Trinajstić information content (AvgIpc) is 3.14. The molecule has 120 valence electrons. The topological polar surface area (TPSA) is 73.8 Å². The molecule has 1 aliphatic heterocycles. The highest BCUT2D eigenvalue weighted by molar-refractivity contribution is 5.70. The minimum Gasteiger partial charge on any atom is -0.323 e. The van der Waals surface area contributed by atoms with E-state index in [2.05, 4.69) is 10.3 Å². The Morgan fingerprint density at radius 1 is 1.32 bits per heavy atom. The molecular formula is C15H23N5O2. The van der Waals surface area contributed by atoms with Gasteiger partial charge in [-0.3, -0.25) is 13.9 Å². The van der Waals surface area contributed by atoms with E-state index in [1.807, 2.05) is 18.4 Å². The lowest BCUT2D eigenvalue weighted by atomic mass is 10.2. The molecular weight excluding hydrogens is 282 g/mol. The van der Waals surface area contributed by atoms with Crippen LogP contribution in [0, 0.1) is 0 Å². The Kier molecular flexibility index (Phi) is 4.15. The van der Waals surface area contributed by atoms with E-state index in [-0.39, 0.29) is 11.2 Å². The molecule has 0 radical (unpaired) electrons. The molecule has 0 bridgehead atoms. The van der Waals surface area contributed by atoms with Gasteiger partial charge in [0.1, 0.15) is 0 Å². The summed E-state index contributed by atoms with van der Waals surface area (Å²) in [5, 5.41) is 3.43. The SMILES string of the molecule is CCCn1c(=O)n(CC)c(=O)c2c1ncn2CC1CCCN1. The van der Waals surface area contributed by atoms with Gasteiger partial charge >= 0.3 is 5.69 Å². The highest BCUT2D eigenvalue weighted by Crippen LogP contribution is 2.12. The number of rotatable bonds is 5. The van der Waals surface area contributed by atoms with Crippen molar-refractivity contribution in [3.63, 3.8) is 0 Å². The molecule has 7 heteroatoms. The lowest BCUT2D eigenvalue weighted by molar-refractivity contribution is 0.513. The van der Waals surface area contributed by atoms with Gasteiger partial charge in [0.25, 0.3) is 5.56 Å². The summed E-state index contributed by atoms with van der Waals surface area (Å²) in [7, 11) is 0. The molecule has 1 saturated heterocycles. The van der Waals surface area contributed by atoms with E-state index in [4.69, 9.17) is 0 Å². The van der Waals surface area contributed by atoms with Gasteiger partial charge < -0.3 is 9.88 Å². The van der Waals surface area contributed by atoms with Crippen LogP contribution in [0.4, 0.5) is 0 Å². The summed E-state index contributed by atoms with van der Waals surface area (Å²) in [4.78, 5) is 29.5. The Morgan fingerprint density at radius 3 is 2.77 bits per heavy atom. The van der Waals surface area contributed by atoms with Gasteiger partial charge in [0.2, 0.25) is 0 Å². The molecule has 0 saturated carbocycles. The lowest BCUT2D eigenvalue weighted by Crippen LogP contribution is -2.40. The smallest absolute Gasteiger partial charge is 0.323 e. The normalized spacial score (nSPS) is 18.4.